The van der Waals surface area contributed by atoms with Crippen molar-refractivity contribution in [2.24, 2.45) is 5.73 Å². The zero-order chi connectivity index (χ0) is 9.68. The first-order valence-electron chi connectivity index (χ1n) is 3.81. The molecule has 0 aliphatic carbocycles. The van der Waals surface area contributed by atoms with Gasteiger partial charge in [-0.1, -0.05) is 34.9 Å². The van der Waals surface area contributed by atoms with Crippen LogP contribution < -0.4 is 5.73 Å². The minimum absolute atomic E-state index is 0.433. The predicted molar refractivity (Wildman–Crippen MR) is 49.0 cm³/mol. The van der Waals surface area contributed by atoms with Crippen LogP contribution in [0.4, 0.5) is 0 Å². The van der Waals surface area contributed by atoms with Crippen molar-refractivity contribution in [1.82, 2.24) is 0 Å². The molecule has 1 aromatic carbocycles. The third-order valence-corrected chi connectivity index (χ3v) is 1.96. The van der Waals surface area contributed by atoms with Crippen molar-refractivity contribution in [2.75, 3.05) is 0 Å². The Kier molecular flexibility index (Phi) is 3.99. The van der Waals surface area contributed by atoms with Gasteiger partial charge in [-0.3, -0.25) is 0 Å². The number of hydrogen-bond acceptors (Lipinski definition) is 3. The van der Waals surface area contributed by atoms with Crippen molar-refractivity contribution in [3.8, 4) is 0 Å². The van der Waals surface area contributed by atoms with E-state index in [2.05, 4.69) is 4.52 Å². The molecule has 3 N–H and O–H groups in total. The minimum atomic E-state index is -2.61. The molecular formula is C8H11NO3P+. The largest absolute Gasteiger partial charge is 0.696 e. The van der Waals surface area contributed by atoms with E-state index in [1.54, 1.807) is 0 Å². The summed E-state index contributed by atoms with van der Waals surface area (Å²) in [5.74, 6) is 0. The highest BCUT2D eigenvalue weighted by molar-refractivity contribution is 7.32. The molecule has 0 aliphatic rings. The lowest BCUT2D eigenvalue weighted by atomic mass is 10.1. The van der Waals surface area contributed by atoms with Crippen molar-refractivity contribution in [2.45, 2.75) is 12.6 Å². The highest BCUT2D eigenvalue weighted by Crippen LogP contribution is 2.17. The Morgan fingerprint density at radius 2 is 2.08 bits per heavy atom. The molecule has 4 nitrogen and oxygen atoms in total. The average Bonchev–Trinajstić information content (AvgIpc) is 2.04. The molecule has 1 rings (SSSR count). The zero-order valence-electron chi connectivity index (χ0n) is 6.96. The van der Waals surface area contributed by atoms with Crippen LogP contribution in [0.3, 0.4) is 0 Å². The van der Waals surface area contributed by atoms with Crippen molar-refractivity contribution in [3.63, 3.8) is 0 Å². The van der Waals surface area contributed by atoms with Gasteiger partial charge in [-0.25, -0.2) is 0 Å². The fraction of sp³-hybridized carbons (Fsp3) is 0.250. The summed E-state index contributed by atoms with van der Waals surface area (Å²) in [6.45, 7) is 0. The lowest BCUT2D eigenvalue weighted by Gasteiger charge is -2.03. The average molecular weight is 200 g/mol. The maximum absolute atomic E-state index is 10.2. The van der Waals surface area contributed by atoms with E-state index in [9.17, 15) is 4.57 Å². The standard InChI is InChI=1S/C8H10NO3P/c9-8(12-13(10)11)6-7-4-2-1-3-5-7/h1-5,8H,6,9H2/p+1/t8-/m1/s1. The molecule has 5 heteroatoms. The maximum atomic E-state index is 10.2. The normalized spacial score (nSPS) is 13.8. The van der Waals surface area contributed by atoms with Gasteiger partial charge in [0.2, 0.25) is 0 Å². The summed E-state index contributed by atoms with van der Waals surface area (Å²) in [4.78, 5) is 8.41. The van der Waals surface area contributed by atoms with Crippen LogP contribution in [0.2, 0.25) is 0 Å². The van der Waals surface area contributed by atoms with E-state index in [-0.39, 0.29) is 0 Å². The Hall–Kier alpha value is -0.800. The molecule has 0 bridgehead atoms. The highest BCUT2D eigenvalue weighted by Gasteiger charge is 2.19. The number of rotatable bonds is 4. The van der Waals surface area contributed by atoms with Crippen LogP contribution in [0.1, 0.15) is 5.56 Å². The summed E-state index contributed by atoms with van der Waals surface area (Å²) in [6.07, 6.45) is -0.293. The number of nitrogens with two attached hydrogens (primary N) is 1. The van der Waals surface area contributed by atoms with Gasteiger partial charge >= 0.3 is 8.25 Å². The van der Waals surface area contributed by atoms with Gasteiger partial charge in [-0.2, -0.15) is 0 Å². The summed E-state index contributed by atoms with van der Waals surface area (Å²) in [7, 11) is -2.61. The molecule has 2 atom stereocenters. The van der Waals surface area contributed by atoms with E-state index in [1.165, 1.54) is 0 Å². The van der Waals surface area contributed by atoms with Crippen LogP contribution >= 0.6 is 8.25 Å². The highest BCUT2D eigenvalue weighted by atomic mass is 31.1. The van der Waals surface area contributed by atoms with E-state index in [4.69, 9.17) is 10.6 Å². The topological polar surface area (TPSA) is 72.5 Å². The van der Waals surface area contributed by atoms with Crippen molar-refractivity contribution in [1.29, 1.82) is 0 Å². The third kappa shape index (κ3) is 4.10. The summed E-state index contributed by atoms with van der Waals surface area (Å²) >= 11 is 0. The van der Waals surface area contributed by atoms with Crippen LogP contribution in [-0.4, -0.2) is 11.1 Å². The monoisotopic (exact) mass is 200 g/mol. The second-order valence-corrected chi connectivity index (χ2v) is 3.26. The molecule has 0 spiro atoms. The van der Waals surface area contributed by atoms with Crippen molar-refractivity contribution in [3.05, 3.63) is 35.9 Å². The van der Waals surface area contributed by atoms with Crippen LogP contribution in [-0.2, 0) is 15.5 Å². The molecule has 0 aliphatic heterocycles. The molecule has 1 unspecified atom stereocenters. The fourth-order valence-electron chi connectivity index (χ4n) is 0.999. The van der Waals surface area contributed by atoms with E-state index >= 15 is 0 Å². The quantitative estimate of drug-likeness (QED) is 0.565. The molecule has 0 heterocycles. The first-order chi connectivity index (χ1) is 6.18. The van der Waals surface area contributed by atoms with Gasteiger partial charge in [0, 0.05) is 11.0 Å². The van der Waals surface area contributed by atoms with Gasteiger partial charge in [-0.05, 0) is 5.56 Å². The third-order valence-electron chi connectivity index (χ3n) is 1.51. The predicted octanol–water partition coefficient (Wildman–Crippen LogP) is 1.18. The SMILES string of the molecule is N[C@@H](Cc1ccccc1)O[P+](=O)O. The zero-order valence-corrected chi connectivity index (χ0v) is 7.85. The molecule has 0 saturated carbocycles. The number of hydrogen-bond donors (Lipinski definition) is 2. The van der Waals surface area contributed by atoms with E-state index in [1.807, 2.05) is 30.3 Å². The smallest absolute Gasteiger partial charge is 0.302 e. The van der Waals surface area contributed by atoms with Gasteiger partial charge < -0.3 is 5.73 Å². The van der Waals surface area contributed by atoms with Gasteiger partial charge in [0.05, 0.1) is 0 Å². The molecule has 0 fully saturated rings. The first-order valence-corrected chi connectivity index (χ1v) is 4.94. The Labute approximate surface area is 77.3 Å². The van der Waals surface area contributed by atoms with E-state index < -0.39 is 14.5 Å². The van der Waals surface area contributed by atoms with Gasteiger partial charge in [-0.15, -0.1) is 4.89 Å². The molecule has 0 saturated heterocycles. The molecule has 1 aromatic rings. The first kappa shape index (κ1) is 10.3. The lowest BCUT2D eigenvalue weighted by molar-refractivity contribution is 0.195. The Morgan fingerprint density at radius 3 is 2.62 bits per heavy atom. The minimum Gasteiger partial charge on any atom is -0.302 e. The Balaban J connectivity index is 2.45. The summed E-state index contributed by atoms with van der Waals surface area (Å²) in [6, 6.07) is 9.41. The van der Waals surface area contributed by atoms with Crippen molar-refractivity contribution < 1.29 is 14.0 Å². The fourth-order valence-corrected chi connectivity index (χ4v) is 1.31. The molecule has 0 amide bonds. The second-order valence-electron chi connectivity index (χ2n) is 2.57. The molecule has 0 radical (unpaired) electrons. The second kappa shape index (κ2) is 5.04. The van der Waals surface area contributed by atoms with E-state index in [0.29, 0.717) is 6.42 Å². The Morgan fingerprint density at radius 1 is 1.46 bits per heavy atom. The molecule has 0 aromatic heterocycles. The molecule has 13 heavy (non-hydrogen) atoms. The molecule has 70 valence electrons. The summed E-state index contributed by atoms with van der Waals surface area (Å²) in [5.41, 5.74) is 6.42. The van der Waals surface area contributed by atoms with Crippen LogP contribution in [0.25, 0.3) is 0 Å². The van der Waals surface area contributed by atoms with Gasteiger partial charge in [0.25, 0.3) is 0 Å². The number of benzene rings is 1. The van der Waals surface area contributed by atoms with Crippen LogP contribution in [0.5, 0.6) is 0 Å². The Bertz CT molecular complexity index is 278. The van der Waals surface area contributed by atoms with Crippen molar-refractivity contribution >= 4 is 8.25 Å². The van der Waals surface area contributed by atoms with Gasteiger partial charge in [0.1, 0.15) is 0 Å². The summed E-state index contributed by atoms with van der Waals surface area (Å²) < 4.78 is 14.7. The van der Waals surface area contributed by atoms with Crippen LogP contribution in [0.15, 0.2) is 30.3 Å². The van der Waals surface area contributed by atoms with Crippen LogP contribution in [0, 0.1) is 0 Å². The van der Waals surface area contributed by atoms with E-state index in [0.717, 1.165) is 5.56 Å². The summed E-state index contributed by atoms with van der Waals surface area (Å²) in [5, 5.41) is 0. The van der Waals surface area contributed by atoms with Gasteiger partial charge in [0.15, 0.2) is 6.23 Å². The lowest BCUT2D eigenvalue weighted by Crippen LogP contribution is -2.23. The maximum Gasteiger partial charge on any atom is 0.696 e. The molecular weight excluding hydrogens is 189 g/mol.